The van der Waals surface area contributed by atoms with Gasteiger partial charge in [-0.25, -0.2) is 4.79 Å². The summed E-state index contributed by atoms with van der Waals surface area (Å²) in [6.45, 7) is 5.36. The van der Waals surface area contributed by atoms with Crippen molar-refractivity contribution in [3.05, 3.63) is 0 Å². The number of aliphatic carboxylic acids is 1. The van der Waals surface area contributed by atoms with Crippen molar-refractivity contribution in [3.63, 3.8) is 0 Å². The second-order valence-corrected chi connectivity index (χ2v) is 6.04. The van der Waals surface area contributed by atoms with Gasteiger partial charge in [0.05, 0.1) is 5.41 Å². The Morgan fingerprint density at radius 3 is 2.50 bits per heavy atom. The van der Waals surface area contributed by atoms with Crippen molar-refractivity contribution in [1.82, 2.24) is 15.5 Å². The van der Waals surface area contributed by atoms with E-state index >= 15 is 0 Å². The summed E-state index contributed by atoms with van der Waals surface area (Å²) in [5.74, 6) is -1.25. The number of amides is 3. The minimum absolute atomic E-state index is 0.234. The fourth-order valence-corrected chi connectivity index (χ4v) is 2.12. The molecule has 0 saturated carbocycles. The topological polar surface area (TPSA) is 98.7 Å². The van der Waals surface area contributed by atoms with Crippen LogP contribution in [0.25, 0.3) is 0 Å². The van der Waals surface area contributed by atoms with E-state index in [-0.39, 0.29) is 6.42 Å². The molecule has 7 heteroatoms. The van der Waals surface area contributed by atoms with E-state index in [0.717, 1.165) is 19.5 Å². The number of carbonyl (C=O) groups is 3. The summed E-state index contributed by atoms with van der Waals surface area (Å²) in [6, 6.07) is -0.564. The monoisotopic (exact) mass is 285 g/mol. The lowest BCUT2D eigenvalue weighted by Gasteiger charge is -2.18. The van der Waals surface area contributed by atoms with Crippen LogP contribution in [0, 0.1) is 11.3 Å². The molecule has 114 valence electrons. The molecule has 0 bridgehead atoms. The normalized spacial score (nSPS) is 19.6. The number of rotatable bonds is 5. The van der Waals surface area contributed by atoms with E-state index in [1.54, 1.807) is 0 Å². The molecule has 1 heterocycles. The molecular formula is C13H23N3O4. The molecule has 3 amide bonds. The van der Waals surface area contributed by atoms with Crippen LogP contribution in [-0.2, 0) is 9.59 Å². The second-order valence-electron chi connectivity index (χ2n) is 6.04. The van der Waals surface area contributed by atoms with E-state index in [1.807, 2.05) is 7.05 Å². The summed E-state index contributed by atoms with van der Waals surface area (Å²) in [4.78, 5) is 36.2. The molecule has 3 N–H and O–H groups in total. The molecule has 7 nitrogen and oxygen atoms in total. The molecule has 1 unspecified atom stereocenters. The van der Waals surface area contributed by atoms with Crippen molar-refractivity contribution < 1.29 is 19.5 Å². The number of carbonyl (C=O) groups excluding carboxylic acids is 2. The van der Waals surface area contributed by atoms with Crippen LogP contribution in [-0.4, -0.2) is 54.6 Å². The van der Waals surface area contributed by atoms with E-state index in [9.17, 15) is 14.4 Å². The Morgan fingerprint density at radius 1 is 1.35 bits per heavy atom. The van der Waals surface area contributed by atoms with Gasteiger partial charge in [0.25, 0.3) is 0 Å². The highest BCUT2D eigenvalue weighted by Crippen LogP contribution is 2.19. The molecule has 1 aliphatic rings. The van der Waals surface area contributed by atoms with Crippen LogP contribution in [0.2, 0.25) is 0 Å². The molecule has 0 aromatic rings. The molecule has 0 radical (unpaired) electrons. The summed E-state index contributed by atoms with van der Waals surface area (Å²) in [7, 11) is 2.03. The Bertz CT molecular complexity index is 395. The first kappa shape index (κ1) is 16.4. The number of hydrogen-bond acceptors (Lipinski definition) is 4. The third-order valence-electron chi connectivity index (χ3n) is 3.47. The van der Waals surface area contributed by atoms with E-state index in [4.69, 9.17) is 5.11 Å². The van der Waals surface area contributed by atoms with Gasteiger partial charge >= 0.3 is 12.0 Å². The SMILES string of the molecule is CN1CCC(CNC(=O)NC(=O)CC(C)(C)C(=O)O)C1. The molecule has 0 aliphatic carbocycles. The first-order valence-electron chi connectivity index (χ1n) is 6.70. The summed E-state index contributed by atoms with van der Waals surface area (Å²) >= 11 is 0. The summed E-state index contributed by atoms with van der Waals surface area (Å²) in [5, 5.41) is 13.7. The predicted molar refractivity (Wildman–Crippen MR) is 73.2 cm³/mol. The molecule has 20 heavy (non-hydrogen) atoms. The van der Waals surface area contributed by atoms with Gasteiger partial charge in [-0.3, -0.25) is 14.9 Å². The summed E-state index contributed by atoms with van der Waals surface area (Å²) < 4.78 is 0. The van der Waals surface area contributed by atoms with Gasteiger partial charge in [-0.05, 0) is 39.8 Å². The Morgan fingerprint density at radius 2 is 2.00 bits per heavy atom. The van der Waals surface area contributed by atoms with Gasteiger partial charge in [0.1, 0.15) is 0 Å². The van der Waals surface area contributed by atoms with Gasteiger partial charge in [0, 0.05) is 19.5 Å². The smallest absolute Gasteiger partial charge is 0.321 e. The van der Waals surface area contributed by atoms with Crippen molar-refractivity contribution in [1.29, 1.82) is 0 Å². The third-order valence-corrected chi connectivity index (χ3v) is 3.47. The lowest BCUT2D eigenvalue weighted by Crippen LogP contribution is -2.43. The number of urea groups is 1. The molecule has 0 aromatic heterocycles. The van der Waals surface area contributed by atoms with Crippen molar-refractivity contribution in [3.8, 4) is 0 Å². The number of nitrogens with one attached hydrogen (secondary N) is 2. The highest BCUT2D eigenvalue weighted by Gasteiger charge is 2.30. The molecular weight excluding hydrogens is 262 g/mol. The number of nitrogens with zero attached hydrogens (tertiary/aromatic N) is 1. The van der Waals surface area contributed by atoms with E-state index in [0.29, 0.717) is 12.5 Å². The molecule has 0 aromatic carbocycles. The van der Waals surface area contributed by atoms with Crippen LogP contribution in [0.5, 0.6) is 0 Å². The van der Waals surface area contributed by atoms with Gasteiger partial charge in [0.2, 0.25) is 5.91 Å². The van der Waals surface area contributed by atoms with Crippen molar-refractivity contribution in [2.75, 3.05) is 26.7 Å². The van der Waals surface area contributed by atoms with Crippen LogP contribution in [0.1, 0.15) is 26.7 Å². The Kier molecular flexibility index (Phi) is 5.50. The van der Waals surface area contributed by atoms with Crippen LogP contribution < -0.4 is 10.6 Å². The van der Waals surface area contributed by atoms with Crippen LogP contribution in [0.15, 0.2) is 0 Å². The van der Waals surface area contributed by atoms with Gasteiger partial charge in [-0.2, -0.15) is 0 Å². The zero-order valence-corrected chi connectivity index (χ0v) is 12.2. The molecule has 0 spiro atoms. The van der Waals surface area contributed by atoms with E-state index in [1.165, 1.54) is 13.8 Å². The van der Waals surface area contributed by atoms with Crippen molar-refractivity contribution in [2.24, 2.45) is 11.3 Å². The zero-order valence-electron chi connectivity index (χ0n) is 12.2. The van der Waals surface area contributed by atoms with E-state index in [2.05, 4.69) is 15.5 Å². The lowest BCUT2D eigenvalue weighted by atomic mass is 9.89. The predicted octanol–water partition coefficient (Wildman–Crippen LogP) is 0.265. The average molecular weight is 285 g/mol. The van der Waals surface area contributed by atoms with Gasteiger partial charge in [0.15, 0.2) is 0 Å². The minimum atomic E-state index is -1.18. The molecule has 1 aliphatic heterocycles. The number of hydrogen-bond donors (Lipinski definition) is 3. The Balaban J connectivity index is 2.28. The zero-order chi connectivity index (χ0) is 15.3. The van der Waals surface area contributed by atoms with Crippen molar-refractivity contribution in [2.45, 2.75) is 26.7 Å². The van der Waals surface area contributed by atoms with E-state index < -0.39 is 23.3 Å². The molecule has 1 rings (SSSR count). The lowest BCUT2D eigenvalue weighted by molar-refractivity contribution is -0.149. The highest BCUT2D eigenvalue weighted by molar-refractivity contribution is 5.96. The Hall–Kier alpha value is -1.63. The molecule has 1 saturated heterocycles. The van der Waals surface area contributed by atoms with Gasteiger partial charge in [-0.1, -0.05) is 0 Å². The van der Waals surface area contributed by atoms with Crippen molar-refractivity contribution >= 4 is 17.9 Å². The maximum Gasteiger partial charge on any atom is 0.321 e. The Labute approximate surface area is 118 Å². The van der Waals surface area contributed by atoms with Gasteiger partial charge < -0.3 is 15.3 Å². The number of carboxylic acids is 1. The number of carboxylic acid groups (broad SMARTS) is 1. The number of likely N-dealkylation sites (tertiary alicyclic amines) is 1. The maximum absolute atomic E-state index is 11.6. The summed E-state index contributed by atoms with van der Waals surface area (Å²) in [6.07, 6.45) is 0.790. The second kappa shape index (κ2) is 6.69. The van der Waals surface area contributed by atoms with Gasteiger partial charge in [-0.15, -0.1) is 0 Å². The average Bonchev–Trinajstić information content (AvgIpc) is 2.71. The van der Waals surface area contributed by atoms with Crippen LogP contribution >= 0.6 is 0 Å². The largest absolute Gasteiger partial charge is 0.481 e. The first-order valence-corrected chi connectivity index (χ1v) is 6.70. The third kappa shape index (κ3) is 5.16. The van der Waals surface area contributed by atoms with Crippen LogP contribution in [0.3, 0.4) is 0 Å². The summed E-state index contributed by atoms with van der Waals surface area (Å²) in [5.41, 5.74) is -1.18. The molecule has 1 fully saturated rings. The quantitative estimate of drug-likeness (QED) is 0.673. The highest BCUT2D eigenvalue weighted by atomic mass is 16.4. The maximum atomic E-state index is 11.6. The fourth-order valence-electron chi connectivity index (χ4n) is 2.12. The first-order chi connectivity index (χ1) is 9.20. The number of imide groups is 1. The van der Waals surface area contributed by atoms with Crippen LogP contribution in [0.4, 0.5) is 4.79 Å². The fraction of sp³-hybridized carbons (Fsp3) is 0.769. The standard InChI is InChI=1S/C13H23N3O4/c1-13(2,11(18)19)6-10(17)15-12(20)14-7-9-4-5-16(3)8-9/h9H,4-8H2,1-3H3,(H,18,19)(H2,14,15,17,20). The molecule has 1 atom stereocenters. The minimum Gasteiger partial charge on any atom is -0.481 e.